The summed E-state index contributed by atoms with van der Waals surface area (Å²) in [7, 11) is 0. The summed E-state index contributed by atoms with van der Waals surface area (Å²) in [4.78, 5) is 0. The van der Waals surface area contributed by atoms with Crippen LogP contribution in [0.2, 0.25) is 5.02 Å². The Labute approximate surface area is 184 Å². The molecular formula is C22H25ClO8. The number of rotatable bonds is 6. The molecule has 2 aliphatic heterocycles. The summed E-state index contributed by atoms with van der Waals surface area (Å²) in [5, 5.41) is 40.8. The zero-order valence-electron chi connectivity index (χ0n) is 16.9. The minimum atomic E-state index is -1.50. The summed E-state index contributed by atoms with van der Waals surface area (Å²) in [5.74, 6) is 1.41. The number of halogens is 1. The third-order valence-electron chi connectivity index (χ3n) is 5.51. The van der Waals surface area contributed by atoms with Gasteiger partial charge in [0.2, 0.25) is 6.79 Å². The number of aliphatic hydroxyl groups excluding tert-OH is 4. The molecule has 0 radical (unpaired) electrons. The Bertz CT molecular complexity index is 917. The van der Waals surface area contributed by atoms with E-state index in [9.17, 15) is 20.4 Å². The zero-order chi connectivity index (χ0) is 22.1. The van der Waals surface area contributed by atoms with Gasteiger partial charge in [-0.2, -0.15) is 0 Å². The Kier molecular flexibility index (Phi) is 6.57. The van der Waals surface area contributed by atoms with E-state index in [1.54, 1.807) is 6.07 Å². The Balaban J connectivity index is 1.70. The van der Waals surface area contributed by atoms with Crippen molar-refractivity contribution < 1.29 is 39.4 Å². The Morgan fingerprint density at radius 3 is 2.42 bits per heavy atom. The van der Waals surface area contributed by atoms with Gasteiger partial charge in [0.25, 0.3) is 0 Å². The topological polar surface area (TPSA) is 118 Å². The molecule has 2 heterocycles. The lowest BCUT2D eigenvalue weighted by atomic mass is 9.89. The van der Waals surface area contributed by atoms with Crippen LogP contribution in [-0.4, -0.2) is 64.8 Å². The Morgan fingerprint density at radius 2 is 1.74 bits per heavy atom. The standard InChI is InChI=1S/C22H25ClO8/c1-2-28-13-5-3-11(4-6-13)7-12-8-14(21-22(16(12)23)30-10-29-21)20-19(27)18(26)17(25)15(9-24)31-20/h3-6,8,15,17-20,24-27H,2,7,9-10H2,1H3. The van der Waals surface area contributed by atoms with Crippen LogP contribution >= 0.6 is 11.6 Å². The molecule has 1 fully saturated rings. The van der Waals surface area contributed by atoms with Gasteiger partial charge in [-0.1, -0.05) is 23.7 Å². The fourth-order valence-electron chi connectivity index (χ4n) is 3.91. The molecule has 2 aliphatic rings. The highest BCUT2D eigenvalue weighted by Crippen LogP contribution is 2.49. The fourth-order valence-corrected chi connectivity index (χ4v) is 4.17. The first kappa shape index (κ1) is 22.1. The van der Waals surface area contributed by atoms with Gasteiger partial charge in [-0.25, -0.2) is 0 Å². The van der Waals surface area contributed by atoms with Crippen LogP contribution in [0.25, 0.3) is 0 Å². The largest absolute Gasteiger partial charge is 0.494 e. The molecule has 5 atom stereocenters. The van der Waals surface area contributed by atoms with E-state index >= 15 is 0 Å². The first-order valence-electron chi connectivity index (χ1n) is 10.1. The van der Waals surface area contributed by atoms with Gasteiger partial charge in [0.15, 0.2) is 11.5 Å². The normalized spacial score (nSPS) is 27.4. The van der Waals surface area contributed by atoms with Gasteiger partial charge < -0.3 is 39.4 Å². The highest BCUT2D eigenvalue weighted by atomic mass is 35.5. The van der Waals surface area contributed by atoms with Crippen molar-refractivity contribution in [3.8, 4) is 17.2 Å². The lowest BCUT2D eigenvalue weighted by molar-refractivity contribution is -0.232. The van der Waals surface area contributed by atoms with E-state index < -0.39 is 37.1 Å². The molecule has 4 rings (SSSR count). The first-order chi connectivity index (χ1) is 14.9. The maximum absolute atomic E-state index is 10.6. The van der Waals surface area contributed by atoms with E-state index in [2.05, 4.69) is 0 Å². The summed E-state index contributed by atoms with van der Waals surface area (Å²) < 4.78 is 22.3. The Morgan fingerprint density at radius 1 is 1.03 bits per heavy atom. The van der Waals surface area contributed by atoms with Gasteiger partial charge in [0.1, 0.15) is 36.3 Å². The van der Waals surface area contributed by atoms with E-state index in [0.29, 0.717) is 40.7 Å². The average Bonchev–Trinajstić information content (AvgIpc) is 3.27. The quantitative estimate of drug-likeness (QED) is 0.521. The van der Waals surface area contributed by atoms with E-state index in [4.69, 9.17) is 30.5 Å². The molecule has 1 saturated heterocycles. The maximum atomic E-state index is 10.6. The lowest BCUT2D eigenvalue weighted by Crippen LogP contribution is -2.55. The number of ether oxygens (including phenoxy) is 4. The number of hydrogen-bond acceptors (Lipinski definition) is 8. The molecule has 0 aromatic heterocycles. The molecule has 0 saturated carbocycles. The second-order valence-electron chi connectivity index (χ2n) is 7.51. The van der Waals surface area contributed by atoms with Crippen molar-refractivity contribution in [2.24, 2.45) is 0 Å². The molecule has 0 amide bonds. The van der Waals surface area contributed by atoms with Crippen molar-refractivity contribution in [3.05, 3.63) is 52.0 Å². The van der Waals surface area contributed by atoms with Crippen LogP contribution in [0.4, 0.5) is 0 Å². The molecule has 2 aromatic carbocycles. The fraction of sp³-hybridized carbons (Fsp3) is 0.455. The van der Waals surface area contributed by atoms with Gasteiger partial charge in [-0.3, -0.25) is 0 Å². The van der Waals surface area contributed by atoms with Crippen molar-refractivity contribution in [3.63, 3.8) is 0 Å². The van der Waals surface area contributed by atoms with Gasteiger partial charge in [0.05, 0.1) is 18.2 Å². The van der Waals surface area contributed by atoms with Crippen molar-refractivity contribution in [2.45, 2.75) is 43.9 Å². The van der Waals surface area contributed by atoms with Crippen molar-refractivity contribution >= 4 is 11.6 Å². The summed E-state index contributed by atoms with van der Waals surface area (Å²) in [6.45, 7) is 1.93. The third kappa shape index (κ3) is 4.19. The molecule has 4 N–H and O–H groups in total. The smallest absolute Gasteiger partial charge is 0.231 e. The van der Waals surface area contributed by atoms with Crippen LogP contribution in [0.5, 0.6) is 17.2 Å². The van der Waals surface area contributed by atoms with E-state index in [-0.39, 0.29) is 6.79 Å². The summed E-state index contributed by atoms with van der Waals surface area (Å²) in [5.41, 5.74) is 2.11. The SMILES string of the molecule is CCOc1ccc(Cc2cc(C3OC(CO)C(O)C(O)C3O)c3c(c2Cl)OCO3)cc1. The molecule has 5 unspecified atom stereocenters. The van der Waals surface area contributed by atoms with Crippen LogP contribution in [0, 0.1) is 0 Å². The van der Waals surface area contributed by atoms with E-state index in [1.807, 2.05) is 31.2 Å². The van der Waals surface area contributed by atoms with Crippen LogP contribution in [0.15, 0.2) is 30.3 Å². The van der Waals surface area contributed by atoms with Crippen LogP contribution < -0.4 is 14.2 Å². The maximum Gasteiger partial charge on any atom is 0.231 e. The summed E-state index contributed by atoms with van der Waals surface area (Å²) in [6.07, 6.45) is -6.01. The highest BCUT2D eigenvalue weighted by molar-refractivity contribution is 6.33. The molecule has 0 bridgehead atoms. The second kappa shape index (κ2) is 9.20. The molecule has 0 spiro atoms. The van der Waals surface area contributed by atoms with Crippen LogP contribution in [0.3, 0.4) is 0 Å². The van der Waals surface area contributed by atoms with E-state index in [1.165, 1.54) is 0 Å². The molecule has 9 heteroatoms. The predicted octanol–water partition coefficient (Wildman–Crippen LogP) is 1.57. The number of fused-ring (bicyclic) bond motifs is 1. The first-order valence-corrected chi connectivity index (χ1v) is 10.5. The highest BCUT2D eigenvalue weighted by Gasteiger charge is 2.46. The molecule has 0 aliphatic carbocycles. The van der Waals surface area contributed by atoms with Crippen molar-refractivity contribution in [2.75, 3.05) is 20.0 Å². The molecule has 2 aromatic rings. The van der Waals surface area contributed by atoms with Crippen LogP contribution in [0.1, 0.15) is 29.7 Å². The van der Waals surface area contributed by atoms with Gasteiger partial charge >= 0.3 is 0 Å². The Hall–Kier alpha value is -2.07. The summed E-state index contributed by atoms with van der Waals surface area (Å²) >= 11 is 6.58. The van der Waals surface area contributed by atoms with Crippen LogP contribution in [-0.2, 0) is 11.2 Å². The van der Waals surface area contributed by atoms with Gasteiger partial charge in [-0.15, -0.1) is 0 Å². The number of aliphatic hydroxyl groups is 4. The molecule has 168 valence electrons. The monoisotopic (exact) mass is 452 g/mol. The molecule has 8 nitrogen and oxygen atoms in total. The van der Waals surface area contributed by atoms with Gasteiger partial charge in [-0.05, 0) is 42.7 Å². The number of hydrogen-bond donors (Lipinski definition) is 4. The lowest BCUT2D eigenvalue weighted by Gasteiger charge is -2.40. The number of benzene rings is 2. The predicted molar refractivity (Wildman–Crippen MR) is 111 cm³/mol. The zero-order valence-corrected chi connectivity index (χ0v) is 17.7. The second-order valence-corrected chi connectivity index (χ2v) is 7.88. The van der Waals surface area contributed by atoms with Gasteiger partial charge in [0, 0.05) is 5.56 Å². The minimum absolute atomic E-state index is 0.0496. The molecular weight excluding hydrogens is 428 g/mol. The third-order valence-corrected chi connectivity index (χ3v) is 5.93. The minimum Gasteiger partial charge on any atom is -0.494 e. The average molecular weight is 453 g/mol. The van der Waals surface area contributed by atoms with Crippen molar-refractivity contribution in [1.82, 2.24) is 0 Å². The van der Waals surface area contributed by atoms with Crippen molar-refractivity contribution in [1.29, 1.82) is 0 Å². The summed E-state index contributed by atoms with van der Waals surface area (Å²) in [6, 6.07) is 9.34. The van der Waals surface area contributed by atoms with E-state index in [0.717, 1.165) is 11.3 Å². The molecule has 31 heavy (non-hydrogen) atoms.